The maximum Gasteiger partial charge on any atom is 0.341 e. The predicted octanol–water partition coefficient (Wildman–Crippen LogP) is 3.87. The fraction of sp³-hybridized carbons (Fsp3) is 0.333. The Hall–Kier alpha value is -4.09. The largest absolute Gasteiger partial charge is 0.483 e. The first-order chi connectivity index (χ1) is 17.2. The molecule has 3 aromatic rings. The molecule has 4 heterocycles. The van der Waals surface area contributed by atoms with Crippen LogP contribution in [-0.4, -0.2) is 63.2 Å². The molecule has 36 heavy (non-hydrogen) atoms. The molecule has 1 aromatic carbocycles. The number of hydrogen-bond donors (Lipinski definition) is 1. The van der Waals surface area contributed by atoms with Crippen LogP contribution in [0, 0.1) is 24.4 Å². The number of hydrazone groups is 1. The van der Waals surface area contributed by atoms with Crippen molar-refractivity contribution in [1.82, 2.24) is 24.7 Å². The normalized spacial score (nSPS) is 17.4. The molecule has 12 heteroatoms. The van der Waals surface area contributed by atoms with Gasteiger partial charge in [-0.2, -0.15) is 10.2 Å². The summed E-state index contributed by atoms with van der Waals surface area (Å²) in [5.74, 6) is -1.34. The predicted molar refractivity (Wildman–Crippen MR) is 126 cm³/mol. The number of carbonyl (C=O) groups is 1. The van der Waals surface area contributed by atoms with Crippen LogP contribution in [0.5, 0.6) is 5.75 Å². The van der Waals surface area contributed by atoms with Crippen LogP contribution in [0.15, 0.2) is 35.6 Å². The van der Waals surface area contributed by atoms with E-state index in [1.807, 2.05) is 6.92 Å². The van der Waals surface area contributed by atoms with Gasteiger partial charge in [0.2, 0.25) is 0 Å². The van der Waals surface area contributed by atoms with Crippen molar-refractivity contribution >= 4 is 18.1 Å². The van der Waals surface area contributed by atoms with E-state index in [1.165, 1.54) is 34.3 Å². The van der Waals surface area contributed by atoms with Crippen molar-refractivity contribution in [2.75, 3.05) is 25.5 Å². The Labute approximate surface area is 205 Å². The summed E-state index contributed by atoms with van der Waals surface area (Å²) in [4.78, 5) is 18.7. The Balaban J connectivity index is 1.26. The first kappa shape index (κ1) is 23.6. The Morgan fingerprint density at radius 3 is 2.53 bits per heavy atom. The molecule has 0 aliphatic carbocycles. The number of aryl methyl sites for hydroxylation is 1. The molecule has 1 atom stereocenters. The van der Waals surface area contributed by atoms with Crippen LogP contribution in [0.1, 0.15) is 23.6 Å². The van der Waals surface area contributed by atoms with Crippen LogP contribution in [-0.2, 0) is 7.05 Å². The van der Waals surface area contributed by atoms with Crippen molar-refractivity contribution in [3.05, 3.63) is 59.0 Å². The molecule has 0 bridgehead atoms. The highest BCUT2D eigenvalue weighted by atomic mass is 19.1. The van der Waals surface area contributed by atoms with Gasteiger partial charge in [-0.1, -0.05) is 0 Å². The molecule has 188 valence electrons. The first-order valence-corrected chi connectivity index (χ1v) is 11.4. The molecule has 0 radical (unpaired) electrons. The van der Waals surface area contributed by atoms with Crippen LogP contribution in [0.25, 0.3) is 11.4 Å². The van der Waals surface area contributed by atoms with Crippen LogP contribution in [0.2, 0.25) is 0 Å². The number of nitrogens with zero attached hydrogens (tertiary/aromatic N) is 6. The van der Waals surface area contributed by atoms with E-state index in [0.717, 1.165) is 23.5 Å². The van der Waals surface area contributed by atoms with Gasteiger partial charge in [-0.05, 0) is 24.6 Å². The molecule has 5 rings (SSSR count). The van der Waals surface area contributed by atoms with Gasteiger partial charge in [0.25, 0.3) is 0 Å². The second kappa shape index (κ2) is 9.17. The molecule has 1 fully saturated rings. The standard InChI is InChI=1S/C24H24F3N7O2/c1-13-22(32(3)31-23(13)28-2)19-9-21(18(27)10-29-19)36-17-11-33(12-17)24(35)34-20(4-5-30-34)14-6-15(25)8-16(26)7-14/h5-10,17,20H,4,11-12H2,1-3H3,(H,28,31)/t20-/m0/s1. The van der Waals surface area contributed by atoms with E-state index >= 15 is 0 Å². The number of amides is 2. The SMILES string of the molecule is CNc1nn(C)c(-c2cc(OC3CN(C(=O)N4N=CC[C@H]4c4cc(F)cc(F)c4)C3)c(F)cn2)c1C. The third-order valence-corrected chi connectivity index (χ3v) is 6.29. The second-order valence-electron chi connectivity index (χ2n) is 8.72. The lowest BCUT2D eigenvalue weighted by molar-refractivity contribution is 0.0256. The van der Waals surface area contributed by atoms with E-state index in [-0.39, 0.29) is 18.8 Å². The number of aromatic nitrogens is 3. The van der Waals surface area contributed by atoms with Crippen molar-refractivity contribution in [2.24, 2.45) is 12.1 Å². The lowest BCUT2D eigenvalue weighted by Gasteiger charge is -2.41. The third-order valence-electron chi connectivity index (χ3n) is 6.29. The average Bonchev–Trinajstić information content (AvgIpc) is 3.40. The summed E-state index contributed by atoms with van der Waals surface area (Å²) >= 11 is 0. The summed E-state index contributed by atoms with van der Waals surface area (Å²) in [5.41, 5.74) is 2.42. The third kappa shape index (κ3) is 4.23. The number of ether oxygens (including phenoxy) is 1. The Morgan fingerprint density at radius 2 is 1.86 bits per heavy atom. The molecule has 1 saturated heterocycles. The van der Waals surface area contributed by atoms with Gasteiger partial charge in [0.05, 0.1) is 36.7 Å². The fourth-order valence-electron chi connectivity index (χ4n) is 4.50. The molecule has 0 unspecified atom stereocenters. The average molecular weight is 499 g/mol. The van der Waals surface area contributed by atoms with E-state index in [0.29, 0.717) is 23.5 Å². The second-order valence-corrected chi connectivity index (χ2v) is 8.72. The molecule has 2 aliphatic rings. The number of urea groups is 1. The van der Waals surface area contributed by atoms with E-state index in [9.17, 15) is 18.0 Å². The molecule has 0 spiro atoms. The highest BCUT2D eigenvalue weighted by Gasteiger charge is 2.39. The monoisotopic (exact) mass is 499 g/mol. The molecule has 1 N–H and O–H groups in total. The zero-order chi connectivity index (χ0) is 25.6. The van der Waals surface area contributed by atoms with Gasteiger partial charge in [0.1, 0.15) is 17.7 Å². The Morgan fingerprint density at radius 1 is 1.14 bits per heavy atom. The Bertz CT molecular complexity index is 1330. The van der Waals surface area contributed by atoms with E-state index < -0.39 is 35.6 Å². The lowest BCUT2D eigenvalue weighted by atomic mass is 10.0. The molecule has 0 saturated carbocycles. The quantitative estimate of drug-likeness (QED) is 0.576. The summed E-state index contributed by atoms with van der Waals surface area (Å²) in [6.45, 7) is 2.31. The highest BCUT2D eigenvalue weighted by Crippen LogP contribution is 2.33. The molecule has 2 amide bonds. The van der Waals surface area contributed by atoms with Crippen molar-refractivity contribution < 1.29 is 22.7 Å². The Kier molecular flexibility index (Phi) is 6.02. The van der Waals surface area contributed by atoms with Crippen LogP contribution >= 0.6 is 0 Å². The van der Waals surface area contributed by atoms with Gasteiger partial charge in [-0.25, -0.2) is 23.0 Å². The van der Waals surface area contributed by atoms with Gasteiger partial charge >= 0.3 is 6.03 Å². The maximum atomic E-state index is 14.5. The number of carbonyl (C=O) groups excluding carboxylic acids is 1. The number of halogens is 3. The summed E-state index contributed by atoms with van der Waals surface area (Å²) in [5, 5.41) is 12.7. The minimum Gasteiger partial charge on any atom is -0.483 e. The summed E-state index contributed by atoms with van der Waals surface area (Å²) in [6, 6.07) is 3.66. The van der Waals surface area contributed by atoms with Gasteiger partial charge in [-0.3, -0.25) is 9.67 Å². The first-order valence-electron chi connectivity index (χ1n) is 11.4. The molecular weight excluding hydrogens is 475 g/mol. The molecule has 2 aliphatic heterocycles. The molecule has 9 nitrogen and oxygen atoms in total. The van der Waals surface area contributed by atoms with Gasteiger partial charge in [0, 0.05) is 44.4 Å². The smallest absolute Gasteiger partial charge is 0.341 e. The van der Waals surface area contributed by atoms with Crippen molar-refractivity contribution in [3.63, 3.8) is 0 Å². The number of nitrogens with one attached hydrogen (secondary N) is 1. The van der Waals surface area contributed by atoms with Crippen molar-refractivity contribution in [3.8, 4) is 17.1 Å². The number of benzene rings is 1. The molecule has 2 aromatic heterocycles. The lowest BCUT2D eigenvalue weighted by Crippen LogP contribution is -2.58. The van der Waals surface area contributed by atoms with Crippen molar-refractivity contribution in [1.29, 1.82) is 0 Å². The van der Waals surface area contributed by atoms with Gasteiger partial charge in [-0.15, -0.1) is 0 Å². The minimum absolute atomic E-state index is 0.0241. The number of rotatable bonds is 5. The van der Waals surface area contributed by atoms with E-state index in [2.05, 4.69) is 20.5 Å². The summed E-state index contributed by atoms with van der Waals surface area (Å²) in [6.07, 6.45) is 2.54. The number of likely N-dealkylation sites (tertiary alicyclic amines) is 1. The van der Waals surface area contributed by atoms with Gasteiger partial charge in [0.15, 0.2) is 17.4 Å². The molecular formula is C24H24F3N7O2. The van der Waals surface area contributed by atoms with E-state index in [4.69, 9.17) is 4.74 Å². The highest BCUT2D eigenvalue weighted by molar-refractivity contribution is 5.79. The summed E-state index contributed by atoms with van der Waals surface area (Å²) < 4.78 is 49.3. The van der Waals surface area contributed by atoms with E-state index in [1.54, 1.807) is 18.8 Å². The van der Waals surface area contributed by atoms with Crippen LogP contribution in [0.4, 0.5) is 23.8 Å². The number of hydrogen-bond acceptors (Lipinski definition) is 6. The number of pyridine rings is 1. The maximum absolute atomic E-state index is 14.5. The zero-order valence-corrected chi connectivity index (χ0v) is 19.9. The minimum atomic E-state index is -0.719. The summed E-state index contributed by atoms with van der Waals surface area (Å²) in [7, 11) is 3.54. The topological polar surface area (TPSA) is 87.9 Å². The zero-order valence-electron chi connectivity index (χ0n) is 19.9. The van der Waals surface area contributed by atoms with Crippen LogP contribution in [0.3, 0.4) is 0 Å². The van der Waals surface area contributed by atoms with Crippen LogP contribution < -0.4 is 10.1 Å². The van der Waals surface area contributed by atoms with Gasteiger partial charge < -0.3 is 15.0 Å². The fourth-order valence-corrected chi connectivity index (χ4v) is 4.50. The number of anilines is 1. The van der Waals surface area contributed by atoms with Crippen molar-refractivity contribution in [2.45, 2.75) is 25.5 Å².